The van der Waals surface area contributed by atoms with Crippen molar-refractivity contribution in [1.82, 2.24) is 9.80 Å². The Kier molecular flexibility index (Phi) is 8.24. The molecule has 1 aliphatic rings. The maximum atomic E-state index is 14.3. The van der Waals surface area contributed by atoms with Gasteiger partial charge in [-0.3, -0.25) is 9.59 Å². The molecule has 1 saturated heterocycles. The van der Waals surface area contributed by atoms with Crippen LogP contribution in [0.3, 0.4) is 0 Å². The number of likely N-dealkylation sites (tertiary alicyclic amines) is 1. The van der Waals surface area contributed by atoms with Crippen molar-refractivity contribution in [2.45, 2.75) is 19.9 Å². The van der Waals surface area contributed by atoms with E-state index in [9.17, 15) is 23.9 Å². The van der Waals surface area contributed by atoms with Crippen LogP contribution in [0.1, 0.15) is 41.4 Å². The van der Waals surface area contributed by atoms with Gasteiger partial charge >= 0.3 is 5.97 Å². The molecule has 0 bridgehead atoms. The lowest BCUT2D eigenvalue weighted by Crippen LogP contribution is -2.38. The molecule has 0 radical (unpaired) electrons. The summed E-state index contributed by atoms with van der Waals surface area (Å²) in [4.78, 5) is 41.5. The molecule has 35 heavy (non-hydrogen) atoms. The van der Waals surface area contributed by atoms with Crippen LogP contribution < -0.4 is 4.74 Å². The van der Waals surface area contributed by atoms with E-state index >= 15 is 0 Å². The fourth-order valence-corrected chi connectivity index (χ4v) is 4.13. The summed E-state index contributed by atoms with van der Waals surface area (Å²) in [5.41, 5.74) is 0.714. The lowest BCUT2D eigenvalue weighted by molar-refractivity contribution is -0.140. The number of ketones is 1. The molecule has 0 aromatic heterocycles. The molecule has 9 heteroatoms. The molecule has 0 spiro atoms. The molecule has 1 aliphatic heterocycles. The first-order valence-electron chi connectivity index (χ1n) is 11.3. The fraction of sp³-hybridized carbons (Fsp3) is 0.346. The fourth-order valence-electron chi connectivity index (χ4n) is 4.13. The van der Waals surface area contributed by atoms with E-state index in [1.165, 1.54) is 43.4 Å². The summed E-state index contributed by atoms with van der Waals surface area (Å²) < 4.78 is 24.0. The van der Waals surface area contributed by atoms with Gasteiger partial charge in [-0.05, 0) is 49.0 Å². The summed E-state index contributed by atoms with van der Waals surface area (Å²) in [5, 5.41) is 11.1. The SMILES string of the molecule is CCN(CC)CCN1C(=O)C(=O)C(=C(O)c2ccc(OC)c(F)c2)[C@H]1c1ccc(C(=O)OC)cc1. The van der Waals surface area contributed by atoms with Gasteiger partial charge in [0.25, 0.3) is 11.7 Å². The van der Waals surface area contributed by atoms with Gasteiger partial charge in [-0.15, -0.1) is 0 Å². The summed E-state index contributed by atoms with van der Waals surface area (Å²) in [6.45, 7) is 6.29. The highest BCUT2D eigenvalue weighted by Gasteiger charge is 2.46. The number of rotatable bonds is 9. The Morgan fingerprint density at radius 1 is 1.06 bits per heavy atom. The van der Waals surface area contributed by atoms with Gasteiger partial charge in [-0.1, -0.05) is 26.0 Å². The van der Waals surface area contributed by atoms with Crippen LogP contribution in [0.15, 0.2) is 48.0 Å². The van der Waals surface area contributed by atoms with Gasteiger partial charge in [0.15, 0.2) is 11.6 Å². The number of carbonyl (C=O) groups is 3. The number of amides is 1. The molecule has 1 N–H and O–H groups in total. The normalized spacial score (nSPS) is 17.2. The van der Waals surface area contributed by atoms with E-state index in [2.05, 4.69) is 4.90 Å². The Morgan fingerprint density at radius 2 is 1.69 bits per heavy atom. The van der Waals surface area contributed by atoms with E-state index in [1.54, 1.807) is 12.1 Å². The van der Waals surface area contributed by atoms with Crippen LogP contribution in [0.5, 0.6) is 5.75 Å². The number of likely N-dealkylation sites (N-methyl/N-ethyl adjacent to an activating group) is 1. The summed E-state index contributed by atoms with van der Waals surface area (Å²) in [7, 11) is 2.59. The standard InChI is InChI=1S/C26H29FN2O6/c1-5-28(6-2)13-14-29-22(16-7-9-17(10-8-16)26(33)35-4)21(24(31)25(29)32)23(30)18-11-12-20(34-3)19(27)15-18/h7-12,15,22,30H,5-6,13-14H2,1-4H3/t22-/m1/s1. The predicted octanol–water partition coefficient (Wildman–Crippen LogP) is 3.38. The molecule has 0 unspecified atom stereocenters. The highest BCUT2D eigenvalue weighted by atomic mass is 19.1. The second-order valence-corrected chi connectivity index (χ2v) is 7.98. The number of benzene rings is 2. The largest absolute Gasteiger partial charge is 0.507 e. The number of carbonyl (C=O) groups excluding carboxylic acids is 3. The topological polar surface area (TPSA) is 96.4 Å². The number of nitrogens with zero attached hydrogens (tertiary/aromatic N) is 2. The number of methoxy groups -OCH3 is 2. The third kappa shape index (κ3) is 5.19. The van der Waals surface area contributed by atoms with Gasteiger partial charge in [0.05, 0.1) is 31.4 Å². The molecule has 8 nitrogen and oxygen atoms in total. The van der Waals surface area contributed by atoms with Crippen molar-refractivity contribution in [3.8, 4) is 5.75 Å². The Bertz CT molecular complexity index is 1140. The van der Waals surface area contributed by atoms with Crippen LogP contribution in [0, 0.1) is 5.82 Å². The summed E-state index contributed by atoms with van der Waals surface area (Å²) in [6, 6.07) is 9.15. The van der Waals surface area contributed by atoms with Crippen molar-refractivity contribution in [2.75, 3.05) is 40.4 Å². The number of hydrogen-bond donors (Lipinski definition) is 1. The smallest absolute Gasteiger partial charge is 0.337 e. The van der Waals surface area contributed by atoms with Crippen LogP contribution in [0.2, 0.25) is 0 Å². The third-order valence-corrected chi connectivity index (χ3v) is 6.16. The zero-order valence-corrected chi connectivity index (χ0v) is 20.2. The molecule has 1 heterocycles. The van der Waals surface area contributed by atoms with Gasteiger partial charge in [-0.25, -0.2) is 9.18 Å². The average molecular weight is 485 g/mol. The summed E-state index contributed by atoms with van der Waals surface area (Å²) in [6.07, 6.45) is 0. The van der Waals surface area contributed by atoms with Gasteiger partial charge in [0.1, 0.15) is 5.76 Å². The molecule has 1 atom stereocenters. The number of halogens is 1. The van der Waals surface area contributed by atoms with E-state index in [4.69, 9.17) is 9.47 Å². The molecule has 0 aliphatic carbocycles. The number of hydrogen-bond acceptors (Lipinski definition) is 7. The lowest BCUT2D eigenvalue weighted by Gasteiger charge is -2.28. The number of aliphatic hydroxyl groups is 1. The molecular weight excluding hydrogens is 455 g/mol. The predicted molar refractivity (Wildman–Crippen MR) is 128 cm³/mol. The number of ether oxygens (including phenoxy) is 2. The minimum atomic E-state index is -0.914. The molecule has 1 amide bonds. The number of aliphatic hydroxyl groups excluding tert-OH is 1. The maximum absolute atomic E-state index is 14.3. The van der Waals surface area contributed by atoms with Crippen LogP contribution >= 0.6 is 0 Å². The zero-order chi connectivity index (χ0) is 25.7. The Hall–Kier alpha value is -3.72. The van der Waals surface area contributed by atoms with Crippen molar-refractivity contribution in [2.24, 2.45) is 0 Å². The van der Waals surface area contributed by atoms with E-state index in [0.29, 0.717) is 17.7 Å². The first-order valence-corrected chi connectivity index (χ1v) is 11.3. The molecule has 1 fully saturated rings. The zero-order valence-electron chi connectivity index (χ0n) is 20.2. The second-order valence-electron chi connectivity index (χ2n) is 7.98. The summed E-state index contributed by atoms with van der Waals surface area (Å²) >= 11 is 0. The van der Waals surface area contributed by atoms with E-state index < -0.39 is 35.3 Å². The van der Waals surface area contributed by atoms with E-state index in [-0.39, 0.29) is 23.4 Å². The van der Waals surface area contributed by atoms with Crippen molar-refractivity contribution in [3.63, 3.8) is 0 Å². The van der Waals surface area contributed by atoms with Crippen LogP contribution in [-0.2, 0) is 14.3 Å². The van der Waals surface area contributed by atoms with Gasteiger partial charge < -0.3 is 24.4 Å². The maximum Gasteiger partial charge on any atom is 0.337 e. The first-order chi connectivity index (χ1) is 16.8. The molecule has 186 valence electrons. The number of Topliss-reactive ketones (excluding diaryl/α,β-unsaturated/α-hetero) is 1. The quantitative estimate of drug-likeness (QED) is 0.252. The average Bonchev–Trinajstić information content (AvgIpc) is 3.13. The lowest BCUT2D eigenvalue weighted by atomic mass is 9.94. The Balaban J connectivity index is 2.12. The van der Waals surface area contributed by atoms with E-state index in [1.807, 2.05) is 13.8 Å². The van der Waals surface area contributed by atoms with Crippen LogP contribution in [0.25, 0.3) is 5.76 Å². The van der Waals surface area contributed by atoms with Crippen molar-refractivity contribution >= 4 is 23.4 Å². The second kappa shape index (κ2) is 11.1. The van der Waals surface area contributed by atoms with E-state index in [0.717, 1.165) is 19.2 Å². The van der Waals surface area contributed by atoms with Crippen molar-refractivity contribution < 1.29 is 33.4 Å². The molecule has 3 rings (SSSR count). The Morgan fingerprint density at radius 3 is 2.23 bits per heavy atom. The van der Waals surface area contributed by atoms with Gasteiger partial charge in [-0.2, -0.15) is 0 Å². The highest BCUT2D eigenvalue weighted by Crippen LogP contribution is 2.39. The number of esters is 1. The monoisotopic (exact) mass is 484 g/mol. The summed E-state index contributed by atoms with van der Waals surface area (Å²) in [5.74, 6) is -3.37. The molecule has 0 saturated carbocycles. The van der Waals surface area contributed by atoms with Crippen LogP contribution in [-0.4, -0.2) is 73.0 Å². The van der Waals surface area contributed by atoms with Crippen molar-refractivity contribution in [1.29, 1.82) is 0 Å². The molecule has 2 aromatic rings. The minimum Gasteiger partial charge on any atom is -0.507 e. The highest BCUT2D eigenvalue weighted by molar-refractivity contribution is 6.46. The molecule has 2 aromatic carbocycles. The van der Waals surface area contributed by atoms with Crippen molar-refractivity contribution in [3.05, 3.63) is 70.5 Å². The van der Waals surface area contributed by atoms with Gasteiger partial charge in [0.2, 0.25) is 0 Å². The van der Waals surface area contributed by atoms with Crippen LogP contribution in [0.4, 0.5) is 4.39 Å². The Labute approximate surface area is 203 Å². The first kappa shape index (κ1) is 25.9. The minimum absolute atomic E-state index is 0.0174. The van der Waals surface area contributed by atoms with Gasteiger partial charge in [0, 0.05) is 18.7 Å². The third-order valence-electron chi connectivity index (χ3n) is 6.16. The molecular formula is C26H29FN2O6.